The highest BCUT2D eigenvalue weighted by Gasteiger charge is 2.29. The van der Waals surface area contributed by atoms with E-state index in [0.29, 0.717) is 6.54 Å². The molecule has 3 aromatic carbocycles. The number of fused-ring (bicyclic) bond motifs is 2. The molecule has 202 valence electrons. The minimum atomic E-state index is -0.0125. The van der Waals surface area contributed by atoms with Crippen molar-refractivity contribution in [3.8, 4) is 11.1 Å². The lowest BCUT2D eigenvalue weighted by Crippen LogP contribution is -2.42. The van der Waals surface area contributed by atoms with E-state index in [2.05, 4.69) is 64.5 Å². The molecule has 1 aromatic heterocycles. The Morgan fingerprint density at radius 2 is 1.75 bits per heavy atom. The number of benzene rings is 3. The molecule has 0 saturated carbocycles. The van der Waals surface area contributed by atoms with Crippen LogP contribution in [0.3, 0.4) is 0 Å². The van der Waals surface area contributed by atoms with Crippen LogP contribution in [0.1, 0.15) is 25.0 Å². The van der Waals surface area contributed by atoms with E-state index >= 15 is 0 Å². The average molecular weight is 531 g/mol. The summed E-state index contributed by atoms with van der Waals surface area (Å²) in [4.78, 5) is 34.3. The number of hydrogen-bond donors (Lipinski definition) is 0. The normalized spacial score (nSPS) is 15.6. The van der Waals surface area contributed by atoms with Crippen molar-refractivity contribution in [1.82, 2.24) is 14.5 Å². The molecule has 4 aromatic rings. The number of imidazole rings is 1. The lowest BCUT2D eigenvalue weighted by molar-refractivity contribution is -0.116. The van der Waals surface area contributed by atoms with Crippen molar-refractivity contribution in [3.05, 3.63) is 107 Å². The summed E-state index contributed by atoms with van der Waals surface area (Å²) < 4.78 is 2.01. The van der Waals surface area contributed by atoms with Crippen LogP contribution in [0, 0.1) is 5.92 Å². The van der Waals surface area contributed by atoms with Crippen molar-refractivity contribution < 1.29 is 9.59 Å². The van der Waals surface area contributed by atoms with Gasteiger partial charge in [0.05, 0.1) is 17.4 Å². The number of carbonyl (C=O) groups is 2. The van der Waals surface area contributed by atoms with Gasteiger partial charge in [0.25, 0.3) is 0 Å². The van der Waals surface area contributed by atoms with Crippen molar-refractivity contribution in [2.45, 2.75) is 26.8 Å². The smallest absolute Gasteiger partial charge is 0.223 e. The minimum absolute atomic E-state index is 0.0125. The summed E-state index contributed by atoms with van der Waals surface area (Å²) in [5.41, 5.74) is 9.61. The number of anilines is 1. The van der Waals surface area contributed by atoms with Gasteiger partial charge in [0.15, 0.2) is 5.78 Å². The van der Waals surface area contributed by atoms with E-state index < -0.39 is 0 Å². The van der Waals surface area contributed by atoms with Crippen molar-refractivity contribution in [2.24, 2.45) is 13.0 Å². The van der Waals surface area contributed by atoms with Gasteiger partial charge in [0, 0.05) is 57.3 Å². The summed E-state index contributed by atoms with van der Waals surface area (Å²) in [6, 6.07) is 23.0. The Balaban J connectivity index is 1.30. The van der Waals surface area contributed by atoms with E-state index in [1.165, 1.54) is 11.1 Å². The molecule has 0 N–H and O–H groups in total. The molecule has 1 amide bonds. The summed E-state index contributed by atoms with van der Waals surface area (Å²) in [7, 11) is 1.99. The fourth-order valence-corrected chi connectivity index (χ4v) is 6.01. The van der Waals surface area contributed by atoms with Crippen LogP contribution in [0.2, 0.25) is 0 Å². The van der Waals surface area contributed by atoms with Gasteiger partial charge in [-0.25, -0.2) is 4.98 Å². The van der Waals surface area contributed by atoms with Crippen LogP contribution in [0.4, 0.5) is 5.69 Å². The topological polar surface area (TPSA) is 58.4 Å². The van der Waals surface area contributed by atoms with Crippen LogP contribution in [-0.4, -0.2) is 45.8 Å². The maximum absolute atomic E-state index is 13.1. The van der Waals surface area contributed by atoms with Crippen LogP contribution in [0.15, 0.2) is 96.4 Å². The lowest BCUT2D eigenvalue weighted by Gasteiger charge is -2.36. The third-order valence-corrected chi connectivity index (χ3v) is 8.25. The number of nitrogens with zero attached hydrogens (tertiary/aromatic N) is 4. The summed E-state index contributed by atoms with van der Waals surface area (Å²) in [6.45, 7) is 6.38. The van der Waals surface area contributed by atoms with E-state index in [4.69, 9.17) is 0 Å². The predicted molar refractivity (Wildman–Crippen MR) is 160 cm³/mol. The first-order valence-electron chi connectivity index (χ1n) is 13.9. The number of aryl methyl sites for hydroxylation is 1. The van der Waals surface area contributed by atoms with Gasteiger partial charge in [-0.15, -0.1) is 0 Å². The van der Waals surface area contributed by atoms with E-state index in [1.807, 2.05) is 47.1 Å². The molecule has 0 bridgehead atoms. The minimum Gasteiger partial charge on any atom is -0.334 e. The molecule has 6 heteroatoms. The van der Waals surface area contributed by atoms with Crippen molar-refractivity contribution in [1.29, 1.82) is 0 Å². The Kier molecular flexibility index (Phi) is 6.95. The number of ketones is 1. The maximum Gasteiger partial charge on any atom is 0.223 e. The molecule has 1 atom stereocenters. The van der Waals surface area contributed by atoms with Gasteiger partial charge in [-0.1, -0.05) is 54.6 Å². The second kappa shape index (κ2) is 10.7. The lowest BCUT2D eigenvalue weighted by atomic mass is 9.84. The third-order valence-electron chi connectivity index (χ3n) is 8.25. The molecule has 1 aliphatic heterocycles. The first-order valence-corrected chi connectivity index (χ1v) is 13.9. The SMILES string of the molecule is CC(=O)C1=C(C(CN2CCc3ccccc3C2)CN(C(C)=O)c2cccc(-c3ccc4ncn(C)c4c3)c2)C=C1. The Hall–Kier alpha value is -4.29. The molecular formula is C34H34N4O2. The molecule has 0 radical (unpaired) electrons. The molecular weight excluding hydrogens is 496 g/mol. The van der Waals surface area contributed by atoms with Crippen molar-refractivity contribution in [3.63, 3.8) is 0 Å². The Labute approximate surface area is 235 Å². The molecule has 1 aliphatic carbocycles. The highest BCUT2D eigenvalue weighted by Crippen LogP contribution is 2.33. The number of Topliss-reactive ketones (excluding diaryl/α,β-unsaturated/α-hetero) is 1. The molecule has 1 unspecified atom stereocenters. The number of hydrogen-bond acceptors (Lipinski definition) is 4. The molecule has 0 fully saturated rings. The van der Waals surface area contributed by atoms with Gasteiger partial charge < -0.3 is 9.47 Å². The van der Waals surface area contributed by atoms with Crippen LogP contribution in [0.5, 0.6) is 0 Å². The monoisotopic (exact) mass is 530 g/mol. The van der Waals surface area contributed by atoms with Crippen LogP contribution >= 0.6 is 0 Å². The molecule has 6 rings (SSSR count). The largest absolute Gasteiger partial charge is 0.334 e. The van der Waals surface area contributed by atoms with E-state index in [-0.39, 0.29) is 17.6 Å². The first kappa shape index (κ1) is 26.0. The Morgan fingerprint density at radius 3 is 2.50 bits per heavy atom. The standard InChI is InChI=1S/C34H34N4O2/c1-23(39)31-12-13-32(31)29(20-37-16-15-25-7-4-5-8-28(25)19-37)21-38(24(2)40)30-10-6-9-26(17-30)27-11-14-33-34(18-27)36(3)22-35-33/h4-14,17-18,22,29H,15-16,19-21H2,1-3H3. The molecule has 6 nitrogen and oxygen atoms in total. The van der Waals surface area contributed by atoms with Gasteiger partial charge in [0.1, 0.15) is 0 Å². The summed E-state index contributed by atoms with van der Waals surface area (Å²) in [5, 5.41) is 0. The summed E-state index contributed by atoms with van der Waals surface area (Å²) in [5.74, 6) is 0.0856. The summed E-state index contributed by atoms with van der Waals surface area (Å²) in [6.07, 6.45) is 6.79. The number of rotatable bonds is 8. The van der Waals surface area contributed by atoms with Crippen LogP contribution in [0.25, 0.3) is 22.2 Å². The van der Waals surface area contributed by atoms with Gasteiger partial charge in [-0.05, 0) is 65.4 Å². The molecule has 2 heterocycles. The number of aromatic nitrogens is 2. The van der Waals surface area contributed by atoms with Crippen LogP contribution < -0.4 is 4.90 Å². The fourth-order valence-electron chi connectivity index (χ4n) is 6.01. The third kappa shape index (κ3) is 5.03. The zero-order valence-corrected chi connectivity index (χ0v) is 23.3. The quantitative estimate of drug-likeness (QED) is 0.292. The highest BCUT2D eigenvalue weighted by atomic mass is 16.2. The van der Waals surface area contributed by atoms with E-state index in [9.17, 15) is 9.59 Å². The number of amides is 1. The first-order chi connectivity index (χ1) is 19.4. The molecule has 0 spiro atoms. The second-order valence-corrected chi connectivity index (χ2v) is 10.9. The molecule has 40 heavy (non-hydrogen) atoms. The van der Waals surface area contributed by atoms with E-state index in [1.54, 1.807) is 13.8 Å². The highest BCUT2D eigenvalue weighted by molar-refractivity contribution is 6.00. The predicted octanol–water partition coefficient (Wildman–Crippen LogP) is 5.72. The maximum atomic E-state index is 13.1. The fraction of sp³-hybridized carbons (Fsp3) is 0.265. The Morgan fingerprint density at radius 1 is 0.950 bits per heavy atom. The number of carbonyl (C=O) groups excluding carboxylic acids is 2. The van der Waals surface area contributed by atoms with Crippen molar-refractivity contribution in [2.75, 3.05) is 24.5 Å². The molecule has 2 aliphatic rings. The zero-order chi connectivity index (χ0) is 27.8. The van der Waals surface area contributed by atoms with Gasteiger partial charge in [-0.2, -0.15) is 0 Å². The summed E-state index contributed by atoms with van der Waals surface area (Å²) >= 11 is 0. The Bertz CT molecular complexity index is 1680. The zero-order valence-electron chi connectivity index (χ0n) is 23.3. The number of allylic oxidation sites excluding steroid dienone is 3. The molecule has 0 saturated heterocycles. The van der Waals surface area contributed by atoms with Gasteiger partial charge in [0.2, 0.25) is 5.91 Å². The van der Waals surface area contributed by atoms with E-state index in [0.717, 1.165) is 65.0 Å². The van der Waals surface area contributed by atoms with Crippen LogP contribution in [-0.2, 0) is 29.6 Å². The van der Waals surface area contributed by atoms with Gasteiger partial charge in [-0.3, -0.25) is 14.5 Å². The van der Waals surface area contributed by atoms with Crippen molar-refractivity contribution >= 4 is 28.4 Å². The van der Waals surface area contributed by atoms with Gasteiger partial charge >= 0.3 is 0 Å². The average Bonchev–Trinajstić information content (AvgIpc) is 3.30. The second-order valence-electron chi connectivity index (χ2n) is 10.9.